The van der Waals surface area contributed by atoms with E-state index in [0.717, 1.165) is 5.56 Å². The number of nitrogens with zero attached hydrogens (tertiary/aromatic N) is 4. The predicted molar refractivity (Wildman–Crippen MR) is 214 cm³/mol. The lowest BCUT2D eigenvalue weighted by Crippen LogP contribution is -2.54. The fourth-order valence-electron chi connectivity index (χ4n) is 8.49. The third-order valence-corrected chi connectivity index (χ3v) is 17.2. The number of hydrogen-bond acceptors (Lipinski definition) is 10. The molecule has 0 aliphatic carbocycles. The number of Topliss-reactive ketones (excluding diaryl/α,β-unsaturated/α-hetero) is 1. The molecule has 55 heavy (non-hydrogen) atoms. The molecule has 14 heteroatoms. The van der Waals surface area contributed by atoms with E-state index in [1.807, 2.05) is 51.1 Å². The molecule has 0 N–H and O–H groups in total. The largest absolute Gasteiger partial charge is 0.456 e. The van der Waals surface area contributed by atoms with E-state index < -0.39 is 43.3 Å². The second-order valence-electron chi connectivity index (χ2n) is 16.2. The lowest BCUT2D eigenvalue weighted by atomic mass is 9.87. The first-order chi connectivity index (χ1) is 26.0. The highest BCUT2D eigenvalue weighted by Gasteiger charge is 2.57. The van der Waals surface area contributed by atoms with Crippen molar-refractivity contribution in [3.63, 3.8) is 0 Å². The smallest absolute Gasteiger partial charge is 0.338 e. The fourth-order valence-corrected chi connectivity index (χ4v) is 14.1. The Morgan fingerprint density at radius 1 is 0.964 bits per heavy atom. The van der Waals surface area contributed by atoms with Gasteiger partial charge in [0.15, 0.2) is 11.6 Å². The maximum Gasteiger partial charge on any atom is 0.338 e. The molecule has 1 unspecified atom stereocenters. The third-order valence-electron chi connectivity index (χ3n) is 11.1. The van der Waals surface area contributed by atoms with Gasteiger partial charge in [0.25, 0.3) is 5.69 Å². The van der Waals surface area contributed by atoms with E-state index in [1.165, 1.54) is 24.3 Å². The van der Waals surface area contributed by atoms with Crippen LogP contribution in [0.5, 0.6) is 0 Å². The van der Waals surface area contributed by atoms with Gasteiger partial charge in [-0.05, 0) is 64.5 Å². The van der Waals surface area contributed by atoms with Gasteiger partial charge in [0.05, 0.1) is 23.2 Å². The van der Waals surface area contributed by atoms with Crippen LogP contribution in [0.15, 0.2) is 59.7 Å². The van der Waals surface area contributed by atoms with Crippen molar-refractivity contribution in [3.8, 4) is 0 Å². The van der Waals surface area contributed by atoms with Gasteiger partial charge >= 0.3 is 5.97 Å². The van der Waals surface area contributed by atoms with Crippen LogP contribution < -0.4 is 0 Å². The van der Waals surface area contributed by atoms with Crippen LogP contribution in [0.3, 0.4) is 0 Å². The molecule has 0 bridgehead atoms. The highest BCUT2D eigenvalue weighted by molar-refractivity contribution is 6.77. The fraction of sp³-hybridized carbons (Fsp3) is 0.659. The number of azide groups is 1. The minimum absolute atomic E-state index is 0.0127. The van der Waals surface area contributed by atoms with Crippen molar-refractivity contribution in [3.05, 3.63) is 86.3 Å². The number of nitro benzene ring substituents is 1. The lowest BCUT2D eigenvalue weighted by molar-refractivity contribution is -0.384. The van der Waals surface area contributed by atoms with E-state index in [2.05, 4.69) is 51.6 Å². The summed E-state index contributed by atoms with van der Waals surface area (Å²) in [5.41, 5.74) is 10.6. The predicted octanol–water partition coefficient (Wildman–Crippen LogP) is 9.99. The summed E-state index contributed by atoms with van der Waals surface area (Å²) in [5, 5.41) is 15.1. The molecule has 0 amide bonds. The van der Waals surface area contributed by atoms with E-state index >= 15 is 0 Å². The maximum absolute atomic E-state index is 13.8. The number of nitro groups is 1. The summed E-state index contributed by atoms with van der Waals surface area (Å²) in [6.45, 7) is 19.9. The van der Waals surface area contributed by atoms with Crippen LogP contribution in [0.1, 0.15) is 104 Å². The molecular formula is C41H62N4O9Si. The Morgan fingerprint density at radius 2 is 1.58 bits per heavy atom. The Balaban J connectivity index is 2.02. The van der Waals surface area contributed by atoms with Crippen molar-refractivity contribution in [2.24, 2.45) is 22.9 Å². The Bertz CT molecular complexity index is 1560. The Kier molecular flexibility index (Phi) is 17.5. The molecule has 7 atom stereocenters. The van der Waals surface area contributed by atoms with Crippen molar-refractivity contribution in [1.82, 2.24) is 0 Å². The van der Waals surface area contributed by atoms with Crippen molar-refractivity contribution >= 4 is 25.8 Å². The standard InChI is InChI=1S/C41H62N4O9Si/c1-27(2)55(28(3)4,29(5)6)54-37(22-30(7)21-36(46)26-51-25-33-14-12-11-13-15-33)39-38(52-40(47)34-16-18-35(19-17-34)45(48)49)23-41(50-10,53-39)32(9)20-31(8)24-43-44-42/h11-19,27-32,37-39H,20-26H2,1-10H3/t30-,31-,32+,37-,38-,39-,41?/m1/s1. The summed E-state index contributed by atoms with van der Waals surface area (Å²) in [4.78, 5) is 40.7. The average molecular weight is 783 g/mol. The Labute approximate surface area is 327 Å². The molecule has 0 radical (unpaired) electrons. The normalized spacial score (nSPS) is 20.9. The average Bonchev–Trinajstić information content (AvgIpc) is 3.51. The maximum atomic E-state index is 13.8. The SMILES string of the molecule is COC1([C@@H](C)C[C@@H](C)CN=[N+]=[N-])C[C@@H](OC(=O)c2ccc([N+](=O)[O-])cc2)[C@@H]([C@@H](C[C@H](C)CC(=O)COCc2ccccc2)O[Si](C(C)C)(C(C)C)C(C)C)O1. The Hall–Kier alpha value is -3.65. The van der Waals surface area contributed by atoms with Crippen LogP contribution in [0.2, 0.25) is 16.6 Å². The molecule has 1 saturated heterocycles. The first kappa shape index (κ1) is 45.7. The Morgan fingerprint density at radius 3 is 2.13 bits per heavy atom. The molecule has 13 nitrogen and oxygen atoms in total. The van der Waals surface area contributed by atoms with Crippen molar-refractivity contribution in [1.29, 1.82) is 0 Å². The number of ketones is 1. The molecule has 2 aromatic carbocycles. The first-order valence-electron chi connectivity index (χ1n) is 19.5. The number of esters is 1. The van der Waals surface area contributed by atoms with Gasteiger partial charge in [0.2, 0.25) is 8.32 Å². The second kappa shape index (κ2) is 21.0. The summed E-state index contributed by atoms with van der Waals surface area (Å²) in [6.07, 6.45) is -0.663. The molecule has 0 aromatic heterocycles. The zero-order chi connectivity index (χ0) is 40.9. The number of carbonyl (C=O) groups is 2. The molecule has 0 spiro atoms. The van der Waals surface area contributed by atoms with E-state index in [4.69, 9.17) is 28.9 Å². The van der Waals surface area contributed by atoms with Gasteiger partial charge in [-0.15, -0.1) is 0 Å². The number of carbonyl (C=O) groups excluding carboxylic acids is 2. The van der Waals surface area contributed by atoms with Crippen LogP contribution in [-0.4, -0.2) is 69.4 Å². The molecular weight excluding hydrogens is 721 g/mol. The van der Waals surface area contributed by atoms with Crippen LogP contribution in [0.4, 0.5) is 5.69 Å². The summed E-state index contributed by atoms with van der Waals surface area (Å²) in [6, 6.07) is 15.0. The van der Waals surface area contributed by atoms with E-state index in [1.54, 1.807) is 7.11 Å². The monoisotopic (exact) mass is 782 g/mol. The van der Waals surface area contributed by atoms with E-state index in [0.29, 0.717) is 26.0 Å². The first-order valence-corrected chi connectivity index (χ1v) is 21.6. The molecule has 1 aliphatic heterocycles. The van der Waals surface area contributed by atoms with Crippen molar-refractivity contribution in [2.75, 3.05) is 20.3 Å². The van der Waals surface area contributed by atoms with Gasteiger partial charge in [-0.3, -0.25) is 14.9 Å². The third kappa shape index (κ3) is 12.2. The van der Waals surface area contributed by atoms with Gasteiger partial charge in [0, 0.05) is 49.5 Å². The van der Waals surface area contributed by atoms with Crippen LogP contribution in [-0.2, 0) is 34.8 Å². The highest BCUT2D eigenvalue weighted by Crippen LogP contribution is 2.48. The molecule has 1 heterocycles. The number of methoxy groups -OCH3 is 1. The second-order valence-corrected chi connectivity index (χ2v) is 21.6. The van der Waals surface area contributed by atoms with Gasteiger partial charge in [-0.25, -0.2) is 4.79 Å². The molecule has 2 aromatic rings. The van der Waals surface area contributed by atoms with Gasteiger partial charge < -0.3 is 23.4 Å². The zero-order valence-corrected chi connectivity index (χ0v) is 35.3. The highest BCUT2D eigenvalue weighted by atomic mass is 28.4. The van der Waals surface area contributed by atoms with Crippen LogP contribution >= 0.6 is 0 Å². The molecule has 3 rings (SSSR count). The number of non-ortho nitro benzene ring substituents is 1. The van der Waals surface area contributed by atoms with Crippen LogP contribution in [0, 0.1) is 27.9 Å². The molecule has 304 valence electrons. The molecule has 1 aliphatic rings. The van der Waals surface area contributed by atoms with Crippen LogP contribution in [0.25, 0.3) is 10.4 Å². The van der Waals surface area contributed by atoms with Gasteiger partial charge in [-0.2, -0.15) is 0 Å². The number of hydrogen-bond donors (Lipinski definition) is 0. The minimum atomic E-state index is -2.58. The van der Waals surface area contributed by atoms with Crippen molar-refractivity contribution in [2.45, 2.75) is 135 Å². The number of benzene rings is 2. The zero-order valence-electron chi connectivity index (χ0n) is 34.3. The number of ether oxygens (including phenoxy) is 4. The summed E-state index contributed by atoms with van der Waals surface area (Å²) in [7, 11) is -1.00. The molecule has 1 fully saturated rings. The molecule has 0 saturated carbocycles. The van der Waals surface area contributed by atoms with E-state index in [-0.39, 0.29) is 70.9 Å². The topological polar surface area (TPSA) is 172 Å². The van der Waals surface area contributed by atoms with Crippen molar-refractivity contribution < 1.29 is 37.9 Å². The summed E-state index contributed by atoms with van der Waals surface area (Å²) >= 11 is 0. The van der Waals surface area contributed by atoms with E-state index in [9.17, 15) is 19.7 Å². The summed E-state index contributed by atoms with van der Waals surface area (Å²) < 4.78 is 32.8. The quantitative estimate of drug-likeness (QED) is 0.0202. The van der Waals surface area contributed by atoms with Gasteiger partial charge in [-0.1, -0.05) is 97.8 Å². The minimum Gasteiger partial charge on any atom is -0.456 e. The summed E-state index contributed by atoms with van der Waals surface area (Å²) in [5.74, 6) is -2.18. The number of rotatable bonds is 23. The van der Waals surface area contributed by atoms with Gasteiger partial charge in [0.1, 0.15) is 18.8 Å². The lowest BCUT2D eigenvalue weighted by Gasteiger charge is -2.46.